The van der Waals surface area contributed by atoms with Gasteiger partial charge in [0.05, 0.1) is 5.69 Å². The number of ether oxygens (including phenoxy) is 1. The van der Waals surface area contributed by atoms with Gasteiger partial charge < -0.3 is 15.8 Å². The summed E-state index contributed by atoms with van der Waals surface area (Å²) in [6.45, 7) is 5.85. The van der Waals surface area contributed by atoms with Crippen molar-refractivity contribution in [1.29, 1.82) is 0 Å². The monoisotopic (exact) mass is 261 g/mol. The number of pyridine rings is 1. The summed E-state index contributed by atoms with van der Waals surface area (Å²) in [5.41, 5.74) is 6.03. The van der Waals surface area contributed by atoms with Gasteiger partial charge in [-0.1, -0.05) is 0 Å². The van der Waals surface area contributed by atoms with Crippen molar-refractivity contribution in [3.63, 3.8) is 0 Å². The summed E-state index contributed by atoms with van der Waals surface area (Å²) < 4.78 is 7.43. The summed E-state index contributed by atoms with van der Waals surface area (Å²) in [5.74, 6) is 1.79. The van der Waals surface area contributed by atoms with Gasteiger partial charge in [-0.05, 0) is 32.9 Å². The first-order chi connectivity index (χ1) is 8.83. The molecule has 0 amide bonds. The van der Waals surface area contributed by atoms with Gasteiger partial charge in [-0.3, -0.25) is 4.68 Å². The molecule has 0 aliphatic carbocycles. The van der Waals surface area contributed by atoms with Crippen LogP contribution in [0.15, 0.2) is 24.4 Å². The second kappa shape index (κ2) is 4.79. The Morgan fingerprint density at radius 3 is 2.53 bits per heavy atom. The van der Waals surface area contributed by atoms with Crippen LogP contribution in [0.5, 0.6) is 5.88 Å². The molecule has 0 radical (unpaired) electrons. The molecule has 2 rings (SSSR count). The van der Waals surface area contributed by atoms with E-state index >= 15 is 0 Å². The van der Waals surface area contributed by atoms with Crippen LogP contribution in [-0.2, 0) is 7.05 Å². The lowest BCUT2D eigenvalue weighted by molar-refractivity contribution is 0.125. The number of nitrogens with one attached hydrogen (secondary N) is 1. The van der Waals surface area contributed by atoms with Gasteiger partial charge >= 0.3 is 0 Å². The predicted molar refractivity (Wildman–Crippen MR) is 75.5 cm³/mol. The first-order valence-electron chi connectivity index (χ1n) is 6.06. The molecule has 0 spiro atoms. The van der Waals surface area contributed by atoms with Crippen LogP contribution in [0.25, 0.3) is 0 Å². The summed E-state index contributed by atoms with van der Waals surface area (Å²) in [7, 11) is 1.86. The van der Waals surface area contributed by atoms with E-state index in [0.717, 1.165) is 5.82 Å². The first-order valence-corrected chi connectivity index (χ1v) is 6.06. The number of nitrogens with zero attached hydrogens (tertiary/aromatic N) is 3. The van der Waals surface area contributed by atoms with Crippen LogP contribution in [0.4, 0.5) is 17.3 Å². The van der Waals surface area contributed by atoms with Crippen molar-refractivity contribution < 1.29 is 4.74 Å². The molecule has 0 saturated carbocycles. The Morgan fingerprint density at radius 1 is 1.21 bits per heavy atom. The number of hydrogen-bond donors (Lipinski definition) is 2. The standard InChI is InChI=1S/C13H19N5O/c1-13(2,3)19-12-9(14)5-6-10(16-12)15-11-7-8-18(4)17-11/h5-8H,14H2,1-4H3,(H,15,16,17). The van der Waals surface area contributed by atoms with Gasteiger partial charge in [0.2, 0.25) is 5.88 Å². The zero-order valence-corrected chi connectivity index (χ0v) is 11.6. The van der Waals surface area contributed by atoms with Crippen molar-refractivity contribution in [3.8, 4) is 5.88 Å². The number of aromatic nitrogens is 3. The van der Waals surface area contributed by atoms with Crippen LogP contribution >= 0.6 is 0 Å². The van der Waals surface area contributed by atoms with Crippen LogP contribution in [0.3, 0.4) is 0 Å². The Morgan fingerprint density at radius 2 is 1.95 bits per heavy atom. The highest BCUT2D eigenvalue weighted by Gasteiger charge is 2.15. The first kappa shape index (κ1) is 13.2. The fourth-order valence-electron chi connectivity index (χ4n) is 1.51. The van der Waals surface area contributed by atoms with Crippen LogP contribution < -0.4 is 15.8 Å². The molecular formula is C13H19N5O. The Labute approximate surface area is 112 Å². The summed E-state index contributed by atoms with van der Waals surface area (Å²) in [6.07, 6.45) is 1.85. The lowest BCUT2D eigenvalue weighted by Crippen LogP contribution is -2.24. The topological polar surface area (TPSA) is 78.0 Å². The van der Waals surface area contributed by atoms with E-state index in [9.17, 15) is 0 Å². The molecule has 0 atom stereocenters. The molecule has 102 valence electrons. The van der Waals surface area contributed by atoms with Gasteiger partial charge in [-0.25, -0.2) is 0 Å². The lowest BCUT2D eigenvalue weighted by Gasteiger charge is -2.21. The van der Waals surface area contributed by atoms with E-state index in [4.69, 9.17) is 10.5 Å². The summed E-state index contributed by atoms with van der Waals surface area (Å²) >= 11 is 0. The second-order valence-corrected chi connectivity index (χ2v) is 5.30. The molecule has 0 unspecified atom stereocenters. The highest BCUT2D eigenvalue weighted by Crippen LogP contribution is 2.25. The molecular weight excluding hydrogens is 242 g/mol. The number of hydrogen-bond acceptors (Lipinski definition) is 5. The van der Waals surface area contributed by atoms with Crippen LogP contribution in [0.1, 0.15) is 20.8 Å². The smallest absolute Gasteiger partial charge is 0.239 e. The summed E-state index contributed by atoms with van der Waals surface area (Å²) in [6, 6.07) is 5.42. The minimum Gasteiger partial charge on any atom is -0.470 e. The number of aryl methyl sites for hydroxylation is 1. The van der Waals surface area contributed by atoms with E-state index in [0.29, 0.717) is 17.4 Å². The average Bonchev–Trinajstić information content (AvgIpc) is 2.67. The molecule has 2 aromatic rings. The van der Waals surface area contributed by atoms with Crippen LogP contribution in [0.2, 0.25) is 0 Å². The number of nitrogen functional groups attached to an aromatic ring is 1. The maximum Gasteiger partial charge on any atom is 0.239 e. The molecule has 2 heterocycles. The largest absolute Gasteiger partial charge is 0.470 e. The SMILES string of the molecule is Cn1ccc(Nc2ccc(N)c(OC(C)(C)C)n2)n1. The molecule has 0 aromatic carbocycles. The third-order valence-electron chi connectivity index (χ3n) is 2.26. The van der Waals surface area contributed by atoms with Crippen molar-refractivity contribution >= 4 is 17.3 Å². The minimum absolute atomic E-state index is 0.343. The Bertz CT molecular complexity index is 571. The molecule has 19 heavy (non-hydrogen) atoms. The predicted octanol–water partition coefficient (Wildman–Crippen LogP) is 2.32. The Kier molecular flexibility index (Phi) is 3.33. The Hall–Kier alpha value is -2.24. The van der Waals surface area contributed by atoms with Crippen molar-refractivity contribution in [2.75, 3.05) is 11.1 Å². The van der Waals surface area contributed by atoms with E-state index in [1.807, 2.05) is 40.1 Å². The maximum absolute atomic E-state index is 5.86. The van der Waals surface area contributed by atoms with Crippen LogP contribution in [-0.4, -0.2) is 20.4 Å². The van der Waals surface area contributed by atoms with E-state index in [2.05, 4.69) is 15.4 Å². The van der Waals surface area contributed by atoms with Gasteiger partial charge in [-0.2, -0.15) is 10.1 Å². The summed E-state index contributed by atoms with van der Waals surface area (Å²) in [4.78, 5) is 4.35. The number of anilines is 3. The molecule has 6 nitrogen and oxygen atoms in total. The maximum atomic E-state index is 5.86. The van der Waals surface area contributed by atoms with Crippen molar-refractivity contribution in [2.24, 2.45) is 7.05 Å². The molecule has 0 fully saturated rings. The average molecular weight is 261 g/mol. The molecule has 0 aliphatic rings. The van der Waals surface area contributed by atoms with E-state index in [1.165, 1.54) is 0 Å². The lowest BCUT2D eigenvalue weighted by atomic mass is 10.2. The van der Waals surface area contributed by atoms with E-state index in [-0.39, 0.29) is 5.60 Å². The van der Waals surface area contributed by atoms with Gasteiger partial charge in [0.1, 0.15) is 11.4 Å². The zero-order valence-electron chi connectivity index (χ0n) is 11.6. The molecule has 6 heteroatoms. The second-order valence-electron chi connectivity index (χ2n) is 5.30. The third kappa shape index (κ3) is 3.61. The number of nitrogens with two attached hydrogens (primary N) is 1. The molecule has 0 saturated heterocycles. The van der Waals surface area contributed by atoms with Gasteiger partial charge in [0.25, 0.3) is 0 Å². The van der Waals surface area contributed by atoms with Crippen molar-refractivity contribution in [2.45, 2.75) is 26.4 Å². The van der Waals surface area contributed by atoms with Crippen molar-refractivity contribution in [1.82, 2.24) is 14.8 Å². The van der Waals surface area contributed by atoms with Gasteiger partial charge in [0, 0.05) is 19.3 Å². The molecule has 0 bridgehead atoms. The van der Waals surface area contributed by atoms with Crippen LogP contribution in [0, 0.1) is 0 Å². The fraction of sp³-hybridized carbons (Fsp3) is 0.385. The van der Waals surface area contributed by atoms with E-state index in [1.54, 1.807) is 16.8 Å². The van der Waals surface area contributed by atoms with Crippen molar-refractivity contribution in [3.05, 3.63) is 24.4 Å². The van der Waals surface area contributed by atoms with E-state index < -0.39 is 0 Å². The summed E-state index contributed by atoms with van der Waals surface area (Å²) in [5, 5.41) is 7.33. The highest BCUT2D eigenvalue weighted by atomic mass is 16.5. The Balaban J connectivity index is 2.21. The van der Waals surface area contributed by atoms with Gasteiger partial charge in [0.15, 0.2) is 5.82 Å². The molecule has 0 aliphatic heterocycles. The molecule has 3 N–H and O–H groups in total. The normalized spacial score (nSPS) is 11.4. The zero-order chi connectivity index (χ0) is 14.0. The number of rotatable bonds is 3. The molecule has 2 aromatic heterocycles. The minimum atomic E-state index is -0.343. The quantitative estimate of drug-likeness (QED) is 0.886. The highest BCUT2D eigenvalue weighted by molar-refractivity contribution is 5.58. The fourth-order valence-corrected chi connectivity index (χ4v) is 1.51. The van der Waals surface area contributed by atoms with Gasteiger partial charge in [-0.15, -0.1) is 0 Å². The third-order valence-corrected chi connectivity index (χ3v) is 2.26.